The number of hydrogen-bond donors (Lipinski definition) is 1. The molecule has 104 valence electrons. The minimum absolute atomic E-state index is 0.141. The monoisotopic (exact) mass is 270 g/mol. The average molecular weight is 270 g/mol. The zero-order valence-electron chi connectivity index (χ0n) is 11.7. The van der Waals surface area contributed by atoms with Gasteiger partial charge >= 0.3 is 0 Å². The summed E-state index contributed by atoms with van der Waals surface area (Å²) in [7, 11) is 0. The van der Waals surface area contributed by atoms with E-state index in [2.05, 4.69) is 5.32 Å². The molecule has 0 heterocycles. The van der Waals surface area contributed by atoms with E-state index in [-0.39, 0.29) is 17.5 Å². The molecule has 0 aliphatic carbocycles. The van der Waals surface area contributed by atoms with Crippen molar-refractivity contribution in [3.8, 4) is 0 Å². The highest BCUT2D eigenvalue weighted by molar-refractivity contribution is 5.47. The summed E-state index contributed by atoms with van der Waals surface area (Å²) in [5, 5.41) is 14.1. The first-order chi connectivity index (χ1) is 9.54. The van der Waals surface area contributed by atoms with Gasteiger partial charge in [-0.25, -0.2) is 0 Å². The third kappa shape index (κ3) is 3.82. The molecular weight excluding hydrogens is 252 g/mol. The molecule has 4 heteroatoms. The number of nitrogens with one attached hydrogen (secondary N) is 1. The molecule has 0 saturated carbocycles. The van der Waals surface area contributed by atoms with Gasteiger partial charge < -0.3 is 5.32 Å². The van der Waals surface area contributed by atoms with Crippen molar-refractivity contribution in [2.24, 2.45) is 0 Å². The van der Waals surface area contributed by atoms with Crippen molar-refractivity contribution in [1.29, 1.82) is 0 Å². The van der Waals surface area contributed by atoms with Crippen LogP contribution < -0.4 is 5.32 Å². The number of benzene rings is 2. The Kier molecular flexibility index (Phi) is 4.35. The van der Waals surface area contributed by atoms with Crippen LogP contribution in [0, 0.1) is 24.0 Å². The lowest BCUT2D eigenvalue weighted by Gasteiger charge is -2.17. The zero-order chi connectivity index (χ0) is 14.5. The topological polar surface area (TPSA) is 55.2 Å². The Morgan fingerprint density at radius 2 is 1.75 bits per heavy atom. The quantitative estimate of drug-likeness (QED) is 0.665. The van der Waals surface area contributed by atoms with Crippen molar-refractivity contribution < 1.29 is 4.92 Å². The summed E-state index contributed by atoms with van der Waals surface area (Å²) in [6.07, 6.45) is 0. The molecule has 0 spiro atoms. The molecule has 0 bridgehead atoms. The van der Waals surface area contributed by atoms with Crippen LogP contribution in [-0.2, 0) is 0 Å². The van der Waals surface area contributed by atoms with Crippen molar-refractivity contribution in [2.75, 3.05) is 11.9 Å². The molecule has 0 fully saturated rings. The van der Waals surface area contributed by atoms with E-state index in [4.69, 9.17) is 0 Å². The summed E-state index contributed by atoms with van der Waals surface area (Å²) in [5.74, 6) is 0. The average Bonchev–Trinajstić information content (AvgIpc) is 2.37. The Labute approximate surface area is 118 Å². The molecule has 1 N–H and O–H groups in total. The summed E-state index contributed by atoms with van der Waals surface area (Å²) in [6, 6.07) is 15.3. The van der Waals surface area contributed by atoms with Gasteiger partial charge in [0.05, 0.1) is 0 Å². The van der Waals surface area contributed by atoms with Crippen LogP contribution in [0.1, 0.15) is 22.7 Å². The number of nitro groups is 1. The Balaban J connectivity index is 2.26. The molecule has 2 aromatic carbocycles. The van der Waals surface area contributed by atoms with Crippen LogP contribution in [0.5, 0.6) is 0 Å². The first-order valence-electron chi connectivity index (χ1n) is 6.56. The summed E-state index contributed by atoms with van der Waals surface area (Å²) in [4.78, 5) is 10.6. The summed E-state index contributed by atoms with van der Waals surface area (Å²) in [6.45, 7) is 3.84. The van der Waals surface area contributed by atoms with Crippen molar-refractivity contribution >= 4 is 5.69 Å². The Morgan fingerprint density at radius 3 is 2.35 bits per heavy atom. The zero-order valence-corrected chi connectivity index (χ0v) is 11.7. The summed E-state index contributed by atoms with van der Waals surface area (Å²) < 4.78 is 0. The van der Waals surface area contributed by atoms with E-state index in [0.717, 1.165) is 22.4 Å². The van der Waals surface area contributed by atoms with E-state index < -0.39 is 0 Å². The predicted octanol–water partition coefficient (Wildman–Crippen LogP) is 3.73. The van der Waals surface area contributed by atoms with Crippen LogP contribution in [0.4, 0.5) is 5.69 Å². The highest BCUT2D eigenvalue weighted by Crippen LogP contribution is 2.21. The lowest BCUT2D eigenvalue weighted by Crippen LogP contribution is -2.20. The molecule has 0 aliphatic heterocycles. The van der Waals surface area contributed by atoms with Crippen LogP contribution in [0.3, 0.4) is 0 Å². The Hall–Kier alpha value is -2.36. The first-order valence-corrected chi connectivity index (χ1v) is 6.56. The van der Waals surface area contributed by atoms with Gasteiger partial charge in [0.25, 0.3) is 0 Å². The van der Waals surface area contributed by atoms with E-state index in [9.17, 15) is 10.1 Å². The molecule has 20 heavy (non-hydrogen) atoms. The van der Waals surface area contributed by atoms with E-state index in [1.165, 1.54) is 0 Å². The van der Waals surface area contributed by atoms with Gasteiger partial charge in [-0.2, -0.15) is 0 Å². The SMILES string of the molecule is Cc1cccc(NC(C[N+](=O)[O-])c2cccc(C)c2)c1. The number of nitrogens with zero attached hydrogens (tertiary/aromatic N) is 1. The highest BCUT2D eigenvalue weighted by Gasteiger charge is 2.17. The second-order valence-electron chi connectivity index (χ2n) is 5.00. The molecule has 2 aromatic rings. The highest BCUT2D eigenvalue weighted by atomic mass is 16.6. The fourth-order valence-electron chi connectivity index (χ4n) is 2.21. The minimum Gasteiger partial charge on any atom is -0.372 e. The number of rotatable bonds is 5. The molecule has 0 aromatic heterocycles. The fraction of sp³-hybridized carbons (Fsp3) is 0.250. The van der Waals surface area contributed by atoms with Crippen LogP contribution >= 0.6 is 0 Å². The van der Waals surface area contributed by atoms with E-state index in [1.54, 1.807) is 0 Å². The molecule has 0 radical (unpaired) electrons. The fourth-order valence-corrected chi connectivity index (χ4v) is 2.21. The molecule has 2 rings (SSSR count). The van der Waals surface area contributed by atoms with Gasteiger partial charge in [-0.05, 0) is 37.1 Å². The van der Waals surface area contributed by atoms with E-state index in [0.29, 0.717) is 0 Å². The van der Waals surface area contributed by atoms with Crippen LogP contribution in [0.2, 0.25) is 0 Å². The Morgan fingerprint density at radius 1 is 1.10 bits per heavy atom. The second kappa shape index (κ2) is 6.19. The number of anilines is 1. The van der Waals surface area contributed by atoms with Gasteiger partial charge in [-0.3, -0.25) is 10.1 Å². The maximum absolute atomic E-state index is 10.9. The second-order valence-corrected chi connectivity index (χ2v) is 5.00. The van der Waals surface area contributed by atoms with Crippen LogP contribution in [0.25, 0.3) is 0 Å². The summed E-state index contributed by atoms with van der Waals surface area (Å²) in [5.41, 5.74) is 4.06. The molecule has 1 atom stereocenters. The lowest BCUT2D eigenvalue weighted by atomic mass is 10.0. The van der Waals surface area contributed by atoms with Gasteiger partial charge in [0, 0.05) is 10.6 Å². The largest absolute Gasteiger partial charge is 0.372 e. The number of hydrogen-bond acceptors (Lipinski definition) is 3. The van der Waals surface area contributed by atoms with Gasteiger partial charge in [-0.15, -0.1) is 0 Å². The first kappa shape index (κ1) is 14.1. The van der Waals surface area contributed by atoms with Crippen LogP contribution in [-0.4, -0.2) is 11.5 Å². The van der Waals surface area contributed by atoms with Gasteiger partial charge in [0.2, 0.25) is 6.54 Å². The van der Waals surface area contributed by atoms with Gasteiger partial charge in [0.1, 0.15) is 6.04 Å². The van der Waals surface area contributed by atoms with E-state index in [1.807, 2.05) is 62.4 Å². The third-order valence-corrected chi connectivity index (χ3v) is 3.14. The normalized spacial score (nSPS) is 11.9. The molecule has 1 unspecified atom stereocenters. The maximum Gasteiger partial charge on any atom is 0.227 e. The lowest BCUT2D eigenvalue weighted by molar-refractivity contribution is -0.482. The third-order valence-electron chi connectivity index (χ3n) is 3.14. The van der Waals surface area contributed by atoms with Crippen molar-refractivity contribution in [1.82, 2.24) is 0 Å². The number of aryl methyl sites for hydroxylation is 2. The van der Waals surface area contributed by atoms with Crippen molar-refractivity contribution in [2.45, 2.75) is 19.9 Å². The van der Waals surface area contributed by atoms with Crippen molar-refractivity contribution in [3.05, 3.63) is 75.3 Å². The predicted molar refractivity (Wildman–Crippen MR) is 80.6 cm³/mol. The van der Waals surface area contributed by atoms with Gasteiger partial charge in [0.15, 0.2) is 0 Å². The molecule has 0 amide bonds. The van der Waals surface area contributed by atoms with Crippen LogP contribution in [0.15, 0.2) is 48.5 Å². The van der Waals surface area contributed by atoms with E-state index >= 15 is 0 Å². The molecule has 4 nitrogen and oxygen atoms in total. The Bertz CT molecular complexity index is 611. The maximum atomic E-state index is 10.9. The summed E-state index contributed by atoms with van der Waals surface area (Å²) >= 11 is 0. The standard InChI is InChI=1S/C16H18N2O2/c1-12-5-3-7-14(9-12)16(11-18(19)20)17-15-8-4-6-13(2)10-15/h3-10,16-17H,11H2,1-2H3. The molecule has 0 saturated heterocycles. The minimum atomic E-state index is -0.327. The van der Waals surface area contributed by atoms with Crippen molar-refractivity contribution in [3.63, 3.8) is 0 Å². The molecular formula is C16H18N2O2. The smallest absolute Gasteiger partial charge is 0.227 e. The van der Waals surface area contributed by atoms with Gasteiger partial charge in [-0.1, -0.05) is 42.0 Å². The molecule has 0 aliphatic rings.